The molecule has 1 aromatic carbocycles. The first-order chi connectivity index (χ1) is 8.56. The number of rotatable bonds is 4. The normalized spacial score (nSPS) is 11.1. The van der Waals surface area contributed by atoms with Gasteiger partial charge in [-0.3, -0.25) is 0 Å². The van der Waals surface area contributed by atoms with Gasteiger partial charge in [-0.1, -0.05) is 19.0 Å². The summed E-state index contributed by atoms with van der Waals surface area (Å²) in [5.74, 6) is 2.41. The summed E-state index contributed by atoms with van der Waals surface area (Å²) in [5.41, 5.74) is 7.69. The van der Waals surface area contributed by atoms with Crippen molar-refractivity contribution < 1.29 is 4.52 Å². The standard InChI is InChI=1S/C13H17N3OS/c1-8(2)13-15-12(17-16-13)7-18-10-4-5-11(14)9(3)6-10/h4-6,8H,7,14H2,1-3H3. The molecule has 0 spiro atoms. The van der Waals surface area contributed by atoms with E-state index in [2.05, 4.69) is 16.2 Å². The lowest BCUT2D eigenvalue weighted by Crippen LogP contribution is -1.90. The molecule has 0 atom stereocenters. The van der Waals surface area contributed by atoms with Crippen LogP contribution in [0.1, 0.15) is 37.0 Å². The van der Waals surface area contributed by atoms with Crippen molar-refractivity contribution in [2.75, 3.05) is 5.73 Å². The average molecular weight is 263 g/mol. The van der Waals surface area contributed by atoms with Crippen LogP contribution in [0.15, 0.2) is 27.6 Å². The predicted octanol–water partition coefficient (Wildman–Crippen LogP) is 3.38. The van der Waals surface area contributed by atoms with Crippen LogP contribution in [0.5, 0.6) is 0 Å². The zero-order valence-electron chi connectivity index (χ0n) is 10.8. The first-order valence-corrected chi connectivity index (χ1v) is 6.86. The van der Waals surface area contributed by atoms with Crippen molar-refractivity contribution in [3.63, 3.8) is 0 Å². The number of anilines is 1. The second kappa shape index (κ2) is 5.44. The molecule has 0 saturated heterocycles. The number of hydrogen-bond acceptors (Lipinski definition) is 5. The van der Waals surface area contributed by atoms with Crippen molar-refractivity contribution in [3.05, 3.63) is 35.5 Å². The summed E-state index contributed by atoms with van der Waals surface area (Å²) >= 11 is 1.67. The summed E-state index contributed by atoms with van der Waals surface area (Å²) in [6.07, 6.45) is 0. The molecule has 2 rings (SSSR count). The van der Waals surface area contributed by atoms with Gasteiger partial charge < -0.3 is 10.3 Å². The van der Waals surface area contributed by atoms with Crippen LogP contribution in [-0.4, -0.2) is 10.1 Å². The summed E-state index contributed by atoms with van der Waals surface area (Å²) < 4.78 is 5.20. The Labute approximate surface area is 111 Å². The van der Waals surface area contributed by atoms with Gasteiger partial charge in [0, 0.05) is 16.5 Å². The molecular formula is C13H17N3OS. The van der Waals surface area contributed by atoms with Crippen LogP contribution < -0.4 is 5.73 Å². The average Bonchev–Trinajstić information content (AvgIpc) is 2.79. The molecule has 18 heavy (non-hydrogen) atoms. The molecule has 0 aliphatic carbocycles. The van der Waals surface area contributed by atoms with E-state index in [0.29, 0.717) is 17.6 Å². The van der Waals surface area contributed by atoms with Crippen LogP contribution in [-0.2, 0) is 5.75 Å². The Morgan fingerprint density at radius 2 is 2.17 bits per heavy atom. The topological polar surface area (TPSA) is 64.9 Å². The molecular weight excluding hydrogens is 246 g/mol. The van der Waals surface area contributed by atoms with Gasteiger partial charge in [-0.2, -0.15) is 4.98 Å². The van der Waals surface area contributed by atoms with Gasteiger partial charge in [0.05, 0.1) is 5.75 Å². The first kappa shape index (κ1) is 13.0. The highest BCUT2D eigenvalue weighted by Gasteiger charge is 2.09. The molecule has 0 aliphatic heterocycles. The fourth-order valence-corrected chi connectivity index (χ4v) is 2.28. The molecule has 4 nitrogen and oxygen atoms in total. The van der Waals surface area contributed by atoms with Crippen LogP contribution >= 0.6 is 11.8 Å². The van der Waals surface area contributed by atoms with Crippen LogP contribution in [0.2, 0.25) is 0 Å². The van der Waals surface area contributed by atoms with Gasteiger partial charge >= 0.3 is 0 Å². The van der Waals surface area contributed by atoms with Crippen LogP contribution in [0.25, 0.3) is 0 Å². The predicted molar refractivity (Wildman–Crippen MR) is 73.5 cm³/mol. The summed E-state index contributed by atoms with van der Waals surface area (Å²) in [6, 6.07) is 6.00. The summed E-state index contributed by atoms with van der Waals surface area (Å²) in [5, 5.41) is 3.94. The molecule has 1 heterocycles. The number of nitrogens with two attached hydrogens (primary N) is 1. The van der Waals surface area contributed by atoms with E-state index in [1.165, 1.54) is 0 Å². The van der Waals surface area contributed by atoms with Gasteiger partial charge in [-0.05, 0) is 30.7 Å². The molecule has 1 aromatic heterocycles. The van der Waals surface area contributed by atoms with Crippen molar-refractivity contribution in [2.45, 2.75) is 37.3 Å². The maximum atomic E-state index is 5.78. The van der Waals surface area contributed by atoms with Crippen molar-refractivity contribution in [1.29, 1.82) is 0 Å². The first-order valence-electron chi connectivity index (χ1n) is 5.87. The number of benzene rings is 1. The van der Waals surface area contributed by atoms with E-state index < -0.39 is 0 Å². The van der Waals surface area contributed by atoms with Gasteiger partial charge in [-0.25, -0.2) is 0 Å². The molecule has 0 fully saturated rings. The molecule has 0 amide bonds. The molecule has 96 valence electrons. The minimum absolute atomic E-state index is 0.297. The van der Waals surface area contributed by atoms with Crippen LogP contribution in [0.3, 0.4) is 0 Å². The molecule has 2 N–H and O–H groups in total. The van der Waals surface area contributed by atoms with E-state index in [-0.39, 0.29) is 0 Å². The number of nitrogen functional groups attached to an aromatic ring is 1. The third kappa shape index (κ3) is 3.04. The minimum atomic E-state index is 0.297. The highest BCUT2D eigenvalue weighted by atomic mass is 32.2. The second-order valence-corrected chi connectivity index (χ2v) is 5.56. The fourth-order valence-electron chi connectivity index (χ4n) is 1.44. The zero-order chi connectivity index (χ0) is 13.1. The maximum absolute atomic E-state index is 5.78. The molecule has 2 aromatic rings. The summed E-state index contributed by atoms with van der Waals surface area (Å²) in [7, 11) is 0. The minimum Gasteiger partial charge on any atom is -0.399 e. The zero-order valence-corrected chi connectivity index (χ0v) is 11.6. The molecule has 0 radical (unpaired) electrons. The van der Waals surface area contributed by atoms with E-state index in [4.69, 9.17) is 10.3 Å². The summed E-state index contributed by atoms with van der Waals surface area (Å²) in [6.45, 7) is 6.10. The Hall–Kier alpha value is -1.49. The SMILES string of the molecule is Cc1cc(SCc2nc(C(C)C)no2)ccc1N. The third-order valence-electron chi connectivity index (χ3n) is 2.60. The van der Waals surface area contributed by atoms with Crippen molar-refractivity contribution >= 4 is 17.4 Å². The van der Waals surface area contributed by atoms with Gasteiger partial charge in [0.15, 0.2) is 5.82 Å². The molecule has 0 aliphatic rings. The highest BCUT2D eigenvalue weighted by Crippen LogP contribution is 2.25. The van der Waals surface area contributed by atoms with Gasteiger partial charge in [0.25, 0.3) is 0 Å². The van der Waals surface area contributed by atoms with Crippen LogP contribution in [0, 0.1) is 6.92 Å². The van der Waals surface area contributed by atoms with Gasteiger partial charge in [0.1, 0.15) is 0 Å². The molecule has 0 bridgehead atoms. The Kier molecular flexibility index (Phi) is 3.91. The van der Waals surface area contributed by atoms with Crippen molar-refractivity contribution in [2.24, 2.45) is 0 Å². The lowest BCUT2D eigenvalue weighted by atomic mass is 10.2. The highest BCUT2D eigenvalue weighted by molar-refractivity contribution is 7.98. The van der Waals surface area contributed by atoms with E-state index in [1.807, 2.05) is 32.9 Å². The Morgan fingerprint density at radius 3 is 2.78 bits per heavy atom. The number of thioether (sulfide) groups is 1. The third-order valence-corrected chi connectivity index (χ3v) is 3.58. The molecule has 5 heteroatoms. The Bertz CT molecular complexity index is 537. The van der Waals surface area contributed by atoms with E-state index in [0.717, 1.165) is 22.0 Å². The quantitative estimate of drug-likeness (QED) is 0.676. The van der Waals surface area contributed by atoms with E-state index in [9.17, 15) is 0 Å². The number of nitrogens with zero attached hydrogens (tertiary/aromatic N) is 2. The maximum Gasteiger partial charge on any atom is 0.237 e. The van der Waals surface area contributed by atoms with Crippen molar-refractivity contribution in [1.82, 2.24) is 10.1 Å². The lowest BCUT2D eigenvalue weighted by molar-refractivity contribution is 0.383. The van der Waals surface area contributed by atoms with E-state index >= 15 is 0 Å². The lowest BCUT2D eigenvalue weighted by Gasteiger charge is -2.03. The monoisotopic (exact) mass is 263 g/mol. The molecule has 0 saturated carbocycles. The molecule has 0 unspecified atom stereocenters. The Balaban J connectivity index is 2.00. The smallest absolute Gasteiger partial charge is 0.237 e. The summed E-state index contributed by atoms with van der Waals surface area (Å²) in [4.78, 5) is 5.50. The number of hydrogen-bond donors (Lipinski definition) is 1. The fraction of sp³-hybridized carbons (Fsp3) is 0.385. The largest absolute Gasteiger partial charge is 0.399 e. The van der Waals surface area contributed by atoms with Crippen LogP contribution in [0.4, 0.5) is 5.69 Å². The number of aromatic nitrogens is 2. The van der Waals surface area contributed by atoms with Crippen molar-refractivity contribution in [3.8, 4) is 0 Å². The van der Waals surface area contributed by atoms with Gasteiger partial charge in [-0.15, -0.1) is 11.8 Å². The number of aryl methyl sites for hydroxylation is 1. The second-order valence-electron chi connectivity index (χ2n) is 4.51. The van der Waals surface area contributed by atoms with E-state index in [1.54, 1.807) is 11.8 Å². The Morgan fingerprint density at radius 1 is 1.39 bits per heavy atom. The van der Waals surface area contributed by atoms with Gasteiger partial charge in [0.2, 0.25) is 5.89 Å².